The third-order valence-electron chi connectivity index (χ3n) is 2.70. The number of nitrogens with zero attached hydrogens (tertiary/aromatic N) is 2. The summed E-state index contributed by atoms with van der Waals surface area (Å²) < 4.78 is 5.40. The summed E-state index contributed by atoms with van der Waals surface area (Å²) in [5, 5.41) is 9.80. The van der Waals surface area contributed by atoms with Gasteiger partial charge in [0.2, 0.25) is 5.88 Å². The van der Waals surface area contributed by atoms with E-state index in [2.05, 4.69) is 9.97 Å². The van der Waals surface area contributed by atoms with Crippen molar-refractivity contribution in [2.45, 2.75) is 38.7 Å². The van der Waals surface area contributed by atoms with Gasteiger partial charge < -0.3 is 9.84 Å². The Balaban J connectivity index is 1.92. The Morgan fingerprint density at radius 1 is 1.50 bits per heavy atom. The molecule has 0 bridgehead atoms. The van der Waals surface area contributed by atoms with E-state index >= 15 is 0 Å². The second-order valence-electron chi connectivity index (χ2n) is 4.31. The van der Waals surface area contributed by atoms with Gasteiger partial charge in [-0.2, -0.15) is 0 Å². The summed E-state index contributed by atoms with van der Waals surface area (Å²) in [6.45, 7) is 2.71. The van der Waals surface area contributed by atoms with Crippen molar-refractivity contribution in [3.8, 4) is 5.88 Å². The molecule has 0 amide bonds. The molecule has 1 aromatic heterocycles. The lowest BCUT2D eigenvalue weighted by molar-refractivity contribution is 0.150. The van der Waals surface area contributed by atoms with Crippen molar-refractivity contribution in [2.75, 3.05) is 6.61 Å². The third kappa shape index (κ3) is 3.17. The van der Waals surface area contributed by atoms with Crippen LogP contribution in [0.15, 0.2) is 12.4 Å². The Morgan fingerprint density at radius 3 is 3.00 bits per heavy atom. The van der Waals surface area contributed by atoms with Crippen molar-refractivity contribution in [1.29, 1.82) is 0 Å². The first-order valence-corrected chi connectivity index (χ1v) is 5.91. The van der Waals surface area contributed by atoms with Crippen LogP contribution in [0.25, 0.3) is 0 Å². The number of hydrogen-bond donors (Lipinski definition) is 1. The minimum absolute atomic E-state index is 0.268. The average molecular weight is 222 g/mol. The zero-order valence-electron chi connectivity index (χ0n) is 9.59. The molecule has 4 nitrogen and oxygen atoms in total. The summed E-state index contributed by atoms with van der Waals surface area (Å²) in [6.07, 6.45) is 6.86. The SMILES string of the molecule is CCCOc1cncc(CC(O)C2CC2)n1. The molecule has 0 saturated heterocycles. The van der Waals surface area contributed by atoms with Gasteiger partial charge in [-0.1, -0.05) is 6.92 Å². The Bertz CT molecular complexity index is 340. The summed E-state index contributed by atoms with van der Waals surface area (Å²) >= 11 is 0. The molecule has 1 saturated carbocycles. The first kappa shape index (κ1) is 11.3. The highest BCUT2D eigenvalue weighted by molar-refractivity contribution is 5.09. The highest BCUT2D eigenvalue weighted by Gasteiger charge is 2.29. The average Bonchev–Trinajstić information content (AvgIpc) is 3.10. The highest BCUT2D eigenvalue weighted by atomic mass is 16.5. The van der Waals surface area contributed by atoms with Gasteiger partial charge in [0.25, 0.3) is 0 Å². The van der Waals surface area contributed by atoms with E-state index in [0.717, 1.165) is 25.0 Å². The molecule has 1 fully saturated rings. The normalized spacial score (nSPS) is 17.1. The van der Waals surface area contributed by atoms with Gasteiger partial charge in [-0.15, -0.1) is 0 Å². The summed E-state index contributed by atoms with van der Waals surface area (Å²) in [4.78, 5) is 8.39. The third-order valence-corrected chi connectivity index (χ3v) is 2.70. The maximum absolute atomic E-state index is 9.80. The summed E-state index contributed by atoms with van der Waals surface area (Å²) in [5.41, 5.74) is 0.813. The molecule has 1 heterocycles. The van der Waals surface area contributed by atoms with Crippen LogP contribution in [0.5, 0.6) is 5.88 Å². The summed E-state index contributed by atoms with van der Waals surface area (Å²) in [6, 6.07) is 0. The minimum Gasteiger partial charge on any atom is -0.477 e. The van der Waals surface area contributed by atoms with Gasteiger partial charge >= 0.3 is 0 Å². The van der Waals surface area contributed by atoms with Crippen molar-refractivity contribution in [1.82, 2.24) is 9.97 Å². The van der Waals surface area contributed by atoms with Gasteiger partial charge in [0.05, 0.1) is 24.6 Å². The first-order chi connectivity index (χ1) is 7.79. The molecular weight excluding hydrogens is 204 g/mol. The van der Waals surface area contributed by atoms with Crippen molar-refractivity contribution in [3.05, 3.63) is 18.1 Å². The van der Waals surface area contributed by atoms with Crippen molar-refractivity contribution in [3.63, 3.8) is 0 Å². The van der Waals surface area contributed by atoms with E-state index in [9.17, 15) is 5.11 Å². The van der Waals surface area contributed by atoms with Crippen molar-refractivity contribution < 1.29 is 9.84 Å². The monoisotopic (exact) mass is 222 g/mol. The molecule has 2 rings (SSSR count). The van der Waals surface area contributed by atoms with E-state index in [1.165, 1.54) is 0 Å². The van der Waals surface area contributed by atoms with Crippen LogP contribution in [0, 0.1) is 5.92 Å². The molecule has 1 aromatic rings. The Hall–Kier alpha value is -1.16. The Labute approximate surface area is 95.7 Å². The minimum atomic E-state index is -0.268. The van der Waals surface area contributed by atoms with Crippen molar-refractivity contribution >= 4 is 0 Å². The van der Waals surface area contributed by atoms with E-state index in [-0.39, 0.29) is 6.10 Å². The first-order valence-electron chi connectivity index (χ1n) is 5.91. The molecule has 0 aromatic carbocycles. The van der Waals surface area contributed by atoms with Crippen LogP contribution >= 0.6 is 0 Å². The molecular formula is C12H18N2O2. The highest BCUT2D eigenvalue weighted by Crippen LogP contribution is 2.33. The van der Waals surface area contributed by atoms with Gasteiger partial charge in [-0.05, 0) is 25.2 Å². The molecule has 16 heavy (non-hydrogen) atoms. The second kappa shape index (κ2) is 5.25. The van der Waals surface area contributed by atoms with Crippen molar-refractivity contribution in [2.24, 2.45) is 5.92 Å². The maximum atomic E-state index is 9.80. The van der Waals surface area contributed by atoms with E-state index < -0.39 is 0 Å². The van der Waals surface area contributed by atoms with E-state index in [4.69, 9.17) is 4.74 Å². The fourth-order valence-corrected chi connectivity index (χ4v) is 1.62. The number of ether oxygens (including phenoxy) is 1. The number of aromatic nitrogens is 2. The fraction of sp³-hybridized carbons (Fsp3) is 0.667. The molecule has 4 heteroatoms. The molecule has 1 atom stereocenters. The zero-order valence-corrected chi connectivity index (χ0v) is 9.59. The number of rotatable bonds is 6. The van der Waals surface area contributed by atoms with Crippen LogP contribution in [-0.2, 0) is 6.42 Å². The molecule has 1 aliphatic carbocycles. The number of aliphatic hydroxyl groups is 1. The topological polar surface area (TPSA) is 55.2 Å². The smallest absolute Gasteiger partial charge is 0.232 e. The molecule has 0 radical (unpaired) electrons. The molecule has 1 unspecified atom stereocenters. The van der Waals surface area contributed by atoms with Crippen LogP contribution < -0.4 is 4.74 Å². The molecule has 88 valence electrons. The lowest BCUT2D eigenvalue weighted by atomic mass is 10.1. The van der Waals surface area contributed by atoms with Gasteiger partial charge in [0.1, 0.15) is 0 Å². The van der Waals surface area contributed by atoms with Gasteiger partial charge in [-0.3, -0.25) is 4.98 Å². The Morgan fingerprint density at radius 2 is 2.31 bits per heavy atom. The molecule has 1 aliphatic rings. The van der Waals surface area contributed by atoms with Crippen LogP contribution in [0.2, 0.25) is 0 Å². The van der Waals surface area contributed by atoms with E-state index in [1.54, 1.807) is 12.4 Å². The van der Waals surface area contributed by atoms with E-state index in [0.29, 0.717) is 24.8 Å². The van der Waals surface area contributed by atoms with Gasteiger partial charge in [-0.25, -0.2) is 4.98 Å². The predicted octanol–water partition coefficient (Wildman–Crippen LogP) is 1.58. The molecule has 0 aliphatic heterocycles. The quantitative estimate of drug-likeness (QED) is 0.794. The molecule has 0 spiro atoms. The zero-order chi connectivity index (χ0) is 11.4. The lowest BCUT2D eigenvalue weighted by Crippen LogP contribution is -2.14. The van der Waals surface area contributed by atoms with E-state index in [1.807, 2.05) is 6.92 Å². The lowest BCUT2D eigenvalue weighted by Gasteiger charge is -2.09. The second-order valence-corrected chi connectivity index (χ2v) is 4.31. The van der Waals surface area contributed by atoms with Gasteiger partial charge in [0.15, 0.2) is 0 Å². The maximum Gasteiger partial charge on any atom is 0.232 e. The number of aliphatic hydroxyl groups excluding tert-OH is 1. The van der Waals surface area contributed by atoms with Crippen LogP contribution in [0.1, 0.15) is 31.9 Å². The largest absolute Gasteiger partial charge is 0.477 e. The fourth-order valence-electron chi connectivity index (χ4n) is 1.62. The summed E-state index contributed by atoms with van der Waals surface area (Å²) in [5.74, 6) is 1.03. The summed E-state index contributed by atoms with van der Waals surface area (Å²) in [7, 11) is 0. The number of hydrogen-bond acceptors (Lipinski definition) is 4. The van der Waals surface area contributed by atoms with Crippen LogP contribution in [0.4, 0.5) is 0 Å². The molecule has 1 N–H and O–H groups in total. The van der Waals surface area contributed by atoms with Crippen LogP contribution in [-0.4, -0.2) is 27.8 Å². The van der Waals surface area contributed by atoms with Gasteiger partial charge in [0, 0.05) is 12.6 Å². The van der Waals surface area contributed by atoms with Crippen LogP contribution in [0.3, 0.4) is 0 Å². The predicted molar refractivity (Wildman–Crippen MR) is 60.3 cm³/mol. The Kier molecular flexibility index (Phi) is 3.72. The standard InChI is InChI=1S/C12H18N2O2/c1-2-5-16-12-8-13-7-10(14-12)6-11(15)9-3-4-9/h7-9,11,15H,2-6H2,1H3.